The summed E-state index contributed by atoms with van der Waals surface area (Å²) in [5, 5.41) is 0.742. The summed E-state index contributed by atoms with van der Waals surface area (Å²) in [6.07, 6.45) is 2.20. The predicted molar refractivity (Wildman–Crippen MR) is 144 cm³/mol. The van der Waals surface area contributed by atoms with Crippen LogP contribution >= 0.6 is 23.5 Å². The van der Waals surface area contributed by atoms with E-state index in [2.05, 4.69) is 31.2 Å². The van der Waals surface area contributed by atoms with Crippen molar-refractivity contribution in [2.75, 3.05) is 63.5 Å². The molecule has 1 heterocycles. The van der Waals surface area contributed by atoms with Crippen LogP contribution in [0.25, 0.3) is 11.1 Å². The van der Waals surface area contributed by atoms with Crippen LogP contribution in [0.4, 0.5) is 0 Å². The lowest BCUT2D eigenvalue weighted by Crippen LogP contribution is -2.15. The van der Waals surface area contributed by atoms with Gasteiger partial charge >= 0.3 is 5.97 Å². The molecule has 35 heavy (non-hydrogen) atoms. The Morgan fingerprint density at radius 3 is 1.94 bits per heavy atom. The van der Waals surface area contributed by atoms with Crippen LogP contribution in [0, 0.1) is 0 Å². The topological polar surface area (TPSA) is 63.2 Å². The zero-order valence-electron chi connectivity index (χ0n) is 20.4. The summed E-state index contributed by atoms with van der Waals surface area (Å²) in [6, 6.07) is 16.2. The summed E-state index contributed by atoms with van der Waals surface area (Å²) >= 11 is 3.58. The third-order valence-electron chi connectivity index (χ3n) is 5.09. The highest BCUT2D eigenvalue weighted by atomic mass is 32.2. The predicted octanol–water partition coefficient (Wildman–Crippen LogP) is 5.34. The molecule has 0 saturated carbocycles. The molecule has 1 unspecified atom stereocenters. The van der Waals surface area contributed by atoms with Gasteiger partial charge in [0.25, 0.3) is 0 Å². The summed E-state index contributed by atoms with van der Waals surface area (Å²) in [5.41, 5.74) is 2.27. The van der Waals surface area contributed by atoms with Crippen molar-refractivity contribution in [3.63, 3.8) is 0 Å². The fourth-order valence-corrected chi connectivity index (χ4v) is 4.88. The minimum absolute atomic E-state index is 0.170. The van der Waals surface area contributed by atoms with E-state index in [0.29, 0.717) is 38.8 Å². The second-order valence-corrected chi connectivity index (χ2v) is 10.4. The van der Waals surface area contributed by atoms with E-state index in [1.54, 1.807) is 11.8 Å². The van der Waals surface area contributed by atoms with Crippen molar-refractivity contribution in [3.05, 3.63) is 48.5 Å². The van der Waals surface area contributed by atoms with Crippen LogP contribution in [0.15, 0.2) is 48.5 Å². The molecule has 0 aromatic heterocycles. The molecule has 8 heteroatoms. The lowest BCUT2D eigenvalue weighted by molar-refractivity contribution is -0.142. The monoisotopic (exact) mass is 520 g/mol. The molecule has 1 aliphatic rings. The normalized spacial score (nSPS) is 14.5. The van der Waals surface area contributed by atoms with Gasteiger partial charge in [-0.15, -0.1) is 11.8 Å². The van der Waals surface area contributed by atoms with Gasteiger partial charge in [-0.2, -0.15) is 11.8 Å². The maximum atomic E-state index is 11.6. The number of carbonyl (C=O) groups is 1. The Morgan fingerprint density at radius 1 is 0.829 bits per heavy atom. The van der Waals surface area contributed by atoms with Crippen molar-refractivity contribution < 1.29 is 28.5 Å². The zero-order chi connectivity index (χ0) is 24.6. The van der Waals surface area contributed by atoms with Gasteiger partial charge < -0.3 is 23.7 Å². The molecule has 0 bridgehead atoms. The van der Waals surface area contributed by atoms with E-state index < -0.39 is 0 Å². The Kier molecular flexibility index (Phi) is 13.3. The van der Waals surface area contributed by atoms with Crippen LogP contribution in [-0.2, 0) is 19.0 Å². The average Bonchev–Trinajstić information content (AvgIpc) is 3.71. The highest BCUT2D eigenvalue weighted by Gasteiger charge is 2.22. The van der Waals surface area contributed by atoms with Gasteiger partial charge in [0, 0.05) is 16.8 Å². The molecule has 0 radical (unpaired) electrons. The number of thioether (sulfide) groups is 2. The standard InChI is InChI=1S/C27H36O6S2/c1-2-3-12-31-24-8-4-22(5-9-24)23-6-10-25(11-7-23)32-17-15-29-13-14-30-16-18-33-27(28)21-34-19-26-20-35-26/h4-11,26H,2-3,12-21H2,1H3. The molecule has 6 nitrogen and oxygen atoms in total. The number of rotatable bonds is 19. The van der Waals surface area contributed by atoms with E-state index in [1.165, 1.54) is 5.75 Å². The largest absolute Gasteiger partial charge is 0.494 e. The highest BCUT2D eigenvalue weighted by Crippen LogP contribution is 2.32. The minimum Gasteiger partial charge on any atom is -0.494 e. The van der Waals surface area contributed by atoms with E-state index in [4.69, 9.17) is 23.7 Å². The second-order valence-electron chi connectivity index (χ2n) is 8.01. The first kappa shape index (κ1) is 27.7. The van der Waals surface area contributed by atoms with Gasteiger partial charge in [0.15, 0.2) is 0 Å². The van der Waals surface area contributed by atoms with Gasteiger partial charge in [0.05, 0.1) is 38.8 Å². The summed E-state index contributed by atoms with van der Waals surface area (Å²) in [5.74, 6) is 4.23. The number of ether oxygens (including phenoxy) is 5. The third-order valence-corrected chi connectivity index (χ3v) is 7.35. The first-order chi connectivity index (χ1) is 17.2. The molecular weight excluding hydrogens is 484 g/mol. The number of hydrogen-bond donors (Lipinski definition) is 0. The Balaban J connectivity index is 1.17. The zero-order valence-corrected chi connectivity index (χ0v) is 22.1. The number of unbranched alkanes of at least 4 members (excludes halogenated alkanes) is 1. The Hall–Kier alpha value is -1.87. The summed E-state index contributed by atoms with van der Waals surface area (Å²) in [7, 11) is 0. The molecule has 2 aromatic rings. The van der Waals surface area contributed by atoms with Gasteiger partial charge in [0.1, 0.15) is 24.7 Å². The Labute approximate surface area is 217 Å². The third kappa shape index (κ3) is 12.1. The summed E-state index contributed by atoms with van der Waals surface area (Å²) < 4.78 is 27.6. The Morgan fingerprint density at radius 2 is 1.37 bits per heavy atom. The number of carbonyl (C=O) groups excluding carboxylic acids is 1. The van der Waals surface area contributed by atoms with Gasteiger partial charge in [-0.05, 0) is 41.8 Å². The molecular formula is C27H36O6S2. The maximum absolute atomic E-state index is 11.6. The molecule has 3 rings (SSSR count). The van der Waals surface area contributed by atoms with Crippen LogP contribution in [-0.4, -0.2) is 74.7 Å². The number of esters is 1. The lowest BCUT2D eigenvalue weighted by Gasteiger charge is -2.09. The molecule has 1 fully saturated rings. The molecule has 0 amide bonds. The van der Waals surface area contributed by atoms with Crippen molar-refractivity contribution in [3.8, 4) is 22.6 Å². The molecule has 1 saturated heterocycles. The summed E-state index contributed by atoms with van der Waals surface area (Å²) in [6.45, 7) is 5.47. The molecule has 0 aliphatic carbocycles. The Bertz CT molecular complexity index is 840. The van der Waals surface area contributed by atoms with Crippen molar-refractivity contribution in [1.29, 1.82) is 0 Å². The molecule has 0 N–H and O–H groups in total. The van der Waals surface area contributed by atoms with E-state index in [0.717, 1.165) is 53.1 Å². The second kappa shape index (κ2) is 16.7. The first-order valence-corrected chi connectivity index (χ1v) is 14.4. The number of hydrogen-bond acceptors (Lipinski definition) is 8. The van der Waals surface area contributed by atoms with E-state index >= 15 is 0 Å². The molecule has 0 spiro atoms. The minimum atomic E-state index is -0.170. The van der Waals surface area contributed by atoms with Crippen LogP contribution in [0.1, 0.15) is 19.8 Å². The van der Waals surface area contributed by atoms with Crippen LogP contribution < -0.4 is 9.47 Å². The van der Waals surface area contributed by atoms with Crippen LogP contribution in [0.3, 0.4) is 0 Å². The lowest BCUT2D eigenvalue weighted by atomic mass is 10.1. The van der Waals surface area contributed by atoms with Crippen molar-refractivity contribution in [2.24, 2.45) is 0 Å². The summed E-state index contributed by atoms with van der Waals surface area (Å²) in [4.78, 5) is 11.6. The van der Waals surface area contributed by atoms with Gasteiger partial charge in [-0.25, -0.2) is 0 Å². The van der Waals surface area contributed by atoms with E-state index in [1.807, 2.05) is 36.0 Å². The molecule has 1 atom stereocenters. The van der Waals surface area contributed by atoms with E-state index in [9.17, 15) is 4.79 Å². The smallest absolute Gasteiger partial charge is 0.315 e. The highest BCUT2D eigenvalue weighted by molar-refractivity contribution is 8.08. The first-order valence-electron chi connectivity index (χ1n) is 12.2. The fourth-order valence-electron chi connectivity index (χ4n) is 3.06. The van der Waals surface area contributed by atoms with Gasteiger partial charge in [0.2, 0.25) is 0 Å². The van der Waals surface area contributed by atoms with Crippen LogP contribution in [0.5, 0.6) is 11.5 Å². The molecule has 2 aromatic carbocycles. The van der Waals surface area contributed by atoms with Gasteiger partial charge in [-0.1, -0.05) is 37.6 Å². The maximum Gasteiger partial charge on any atom is 0.315 e. The SMILES string of the molecule is CCCCOc1ccc(-c2ccc(OCCOCCOCCOC(=O)CSCC3CS3)cc2)cc1. The average molecular weight is 521 g/mol. The van der Waals surface area contributed by atoms with Crippen LogP contribution in [0.2, 0.25) is 0 Å². The van der Waals surface area contributed by atoms with Gasteiger partial charge in [-0.3, -0.25) is 4.79 Å². The number of benzene rings is 2. The quantitative estimate of drug-likeness (QED) is 0.140. The molecule has 192 valence electrons. The fraction of sp³-hybridized carbons (Fsp3) is 0.519. The van der Waals surface area contributed by atoms with E-state index in [-0.39, 0.29) is 12.6 Å². The van der Waals surface area contributed by atoms with Crippen molar-refractivity contribution in [2.45, 2.75) is 25.0 Å². The molecule has 1 aliphatic heterocycles. The van der Waals surface area contributed by atoms with Crippen molar-refractivity contribution in [1.82, 2.24) is 0 Å². The van der Waals surface area contributed by atoms with Crippen molar-refractivity contribution >= 4 is 29.5 Å².